The number of hydrogen-bond donors (Lipinski definition) is 1. The number of aryl methyl sites for hydroxylation is 1. The van der Waals surface area contributed by atoms with Crippen molar-refractivity contribution in [1.29, 1.82) is 0 Å². The Balaban J connectivity index is 2.23. The van der Waals surface area contributed by atoms with Crippen LogP contribution in [-0.2, 0) is 11.2 Å². The van der Waals surface area contributed by atoms with Gasteiger partial charge in [-0.3, -0.25) is 4.79 Å². The van der Waals surface area contributed by atoms with Crippen molar-refractivity contribution in [3.63, 3.8) is 0 Å². The second kappa shape index (κ2) is 7.28. The van der Waals surface area contributed by atoms with Gasteiger partial charge < -0.3 is 5.32 Å². The summed E-state index contributed by atoms with van der Waals surface area (Å²) in [6.45, 7) is 0.712. The number of hydrogen-bond acceptors (Lipinski definition) is 2. The zero-order valence-corrected chi connectivity index (χ0v) is 10.1. The van der Waals surface area contributed by atoms with Crippen LogP contribution < -0.4 is 5.32 Å². The molecular weight excluding hydrogens is 225 g/mol. The van der Waals surface area contributed by atoms with Gasteiger partial charge in [-0.15, -0.1) is 0 Å². The molecular formula is C12H16FNOS. The van der Waals surface area contributed by atoms with Crippen molar-refractivity contribution in [2.45, 2.75) is 12.8 Å². The summed E-state index contributed by atoms with van der Waals surface area (Å²) in [6, 6.07) is 6.26. The third kappa shape index (κ3) is 5.16. The van der Waals surface area contributed by atoms with Crippen LogP contribution in [-0.4, -0.2) is 24.5 Å². The first-order chi connectivity index (χ1) is 7.72. The fourth-order valence-corrected chi connectivity index (χ4v) is 1.60. The fraction of sp³-hybridized carbons (Fsp3) is 0.417. The smallest absolute Gasteiger partial charge is 0.220 e. The van der Waals surface area contributed by atoms with E-state index >= 15 is 0 Å². The summed E-state index contributed by atoms with van der Waals surface area (Å²) in [6.07, 6.45) is 3.12. The minimum absolute atomic E-state index is 0.0541. The molecule has 1 N–H and O–H groups in total. The van der Waals surface area contributed by atoms with Crippen LogP contribution in [0.2, 0.25) is 0 Å². The predicted octanol–water partition coefficient (Wildman–Crippen LogP) is 2.24. The average molecular weight is 241 g/mol. The molecule has 0 saturated heterocycles. The third-order valence-corrected chi connectivity index (χ3v) is 2.79. The van der Waals surface area contributed by atoms with E-state index in [1.54, 1.807) is 23.9 Å². The molecule has 0 bridgehead atoms. The Labute approximate surface area is 99.6 Å². The van der Waals surface area contributed by atoms with E-state index in [1.807, 2.05) is 6.26 Å². The lowest BCUT2D eigenvalue weighted by molar-refractivity contribution is -0.120. The maximum atomic E-state index is 12.6. The molecule has 0 heterocycles. The zero-order chi connectivity index (χ0) is 11.8. The lowest BCUT2D eigenvalue weighted by atomic mass is 10.1. The molecule has 4 heteroatoms. The van der Waals surface area contributed by atoms with Crippen LogP contribution >= 0.6 is 11.8 Å². The van der Waals surface area contributed by atoms with E-state index in [-0.39, 0.29) is 11.7 Å². The van der Waals surface area contributed by atoms with Crippen LogP contribution in [0.4, 0.5) is 4.39 Å². The molecule has 0 radical (unpaired) electrons. The number of thioether (sulfide) groups is 1. The molecule has 0 fully saturated rings. The summed E-state index contributed by atoms with van der Waals surface area (Å²) >= 11 is 1.70. The van der Waals surface area contributed by atoms with Gasteiger partial charge in [0.05, 0.1) is 0 Å². The lowest BCUT2D eigenvalue weighted by Crippen LogP contribution is -2.25. The quantitative estimate of drug-likeness (QED) is 0.774. The highest BCUT2D eigenvalue weighted by Gasteiger charge is 2.01. The molecule has 0 atom stereocenters. The molecule has 0 saturated carbocycles. The van der Waals surface area contributed by atoms with Gasteiger partial charge in [-0.05, 0) is 30.4 Å². The summed E-state index contributed by atoms with van der Waals surface area (Å²) in [5, 5.41) is 2.83. The van der Waals surface area contributed by atoms with E-state index in [0.29, 0.717) is 19.4 Å². The van der Waals surface area contributed by atoms with Gasteiger partial charge in [0.2, 0.25) is 5.91 Å². The minimum atomic E-state index is -0.242. The van der Waals surface area contributed by atoms with E-state index in [2.05, 4.69) is 5.32 Å². The van der Waals surface area contributed by atoms with Crippen molar-refractivity contribution < 1.29 is 9.18 Å². The molecule has 0 spiro atoms. The fourth-order valence-electron chi connectivity index (χ4n) is 1.29. The first-order valence-corrected chi connectivity index (χ1v) is 6.62. The molecule has 1 amide bonds. The monoisotopic (exact) mass is 241 g/mol. The molecule has 1 rings (SSSR count). The van der Waals surface area contributed by atoms with E-state index < -0.39 is 0 Å². The van der Waals surface area contributed by atoms with Crippen LogP contribution in [0, 0.1) is 5.82 Å². The number of halogens is 1. The largest absolute Gasteiger partial charge is 0.355 e. The Hall–Kier alpha value is -1.03. The molecule has 88 valence electrons. The van der Waals surface area contributed by atoms with Crippen molar-refractivity contribution in [1.82, 2.24) is 5.32 Å². The molecule has 16 heavy (non-hydrogen) atoms. The molecule has 2 nitrogen and oxygen atoms in total. The average Bonchev–Trinajstić information content (AvgIpc) is 2.29. The number of nitrogens with one attached hydrogen (secondary N) is 1. The SMILES string of the molecule is CSCCNC(=O)CCc1ccc(F)cc1. The predicted molar refractivity (Wildman–Crippen MR) is 66.1 cm³/mol. The Morgan fingerprint density at radius 2 is 2.06 bits per heavy atom. The van der Waals surface area contributed by atoms with Crippen LogP contribution in [0.25, 0.3) is 0 Å². The van der Waals surface area contributed by atoms with Gasteiger partial charge >= 0.3 is 0 Å². The van der Waals surface area contributed by atoms with Crippen LogP contribution in [0.15, 0.2) is 24.3 Å². The molecule has 0 aliphatic carbocycles. The van der Waals surface area contributed by atoms with Crippen LogP contribution in [0.5, 0.6) is 0 Å². The molecule has 0 unspecified atom stereocenters. The van der Waals surface area contributed by atoms with E-state index in [9.17, 15) is 9.18 Å². The topological polar surface area (TPSA) is 29.1 Å². The van der Waals surface area contributed by atoms with E-state index in [4.69, 9.17) is 0 Å². The molecule has 0 aliphatic heterocycles. The summed E-state index contributed by atoms with van der Waals surface area (Å²) in [4.78, 5) is 11.4. The Morgan fingerprint density at radius 1 is 1.38 bits per heavy atom. The Morgan fingerprint density at radius 3 is 2.69 bits per heavy atom. The van der Waals surface area contributed by atoms with Crippen LogP contribution in [0.3, 0.4) is 0 Å². The summed E-state index contributed by atoms with van der Waals surface area (Å²) in [7, 11) is 0. The van der Waals surface area contributed by atoms with Gasteiger partial charge in [0, 0.05) is 18.7 Å². The molecule has 0 aromatic heterocycles. The van der Waals surface area contributed by atoms with Gasteiger partial charge in [0.1, 0.15) is 5.82 Å². The van der Waals surface area contributed by atoms with Crippen molar-refractivity contribution in [2.24, 2.45) is 0 Å². The van der Waals surface area contributed by atoms with Crippen molar-refractivity contribution >= 4 is 17.7 Å². The lowest BCUT2D eigenvalue weighted by Gasteiger charge is -2.04. The zero-order valence-electron chi connectivity index (χ0n) is 9.33. The maximum Gasteiger partial charge on any atom is 0.220 e. The van der Waals surface area contributed by atoms with Gasteiger partial charge in [0.15, 0.2) is 0 Å². The summed E-state index contributed by atoms with van der Waals surface area (Å²) < 4.78 is 12.6. The standard InChI is InChI=1S/C12H16FNOS/c1-16-9-8-14-12(15)7-4-10-2-5-11(13)6-3-10/h2-3,5-6H,4,7-9H2,1H3,(H,14,15). The Bertz CT molecular complexity index is 326. The first kappa shape index (κ1) is 13.0. The van der Waals surface area contributed by atoms with Crippen LogP contribution in [0.1, 0.15) is 12.0 Å². The van der Waals surface area contributed by atoms with Gasteiger partial charge in [-0.1, -0.05) is 12.1 Å². The summed E-state index contributed by atoms with van der Waals surface area (Å²) in [5.74, 6) is 0.744. The Kier molecular flexibility index (Phi) is 5.93. The number of rotatable bonds is 6. The van der Waals surface area contributed by atoms with Crippen molar-refractivity contribution in [3.8, 4) is 0 Å². The van der Waals surface area contributed by atoms with E-state index in [1.165, 1.54) is 12.1 Å². The number of benzene rings is 1. The molecule has 1 aromatic carbocycles. The number of carbonyl (C=O) groups excluding carboxylic acids is 1. The highest BCUT2D eigenvalue weighted by atomic mass is 32.2. The second-order valence-electron chi connectivity index (χ2n) is 3.47. The van der Waals surface area contributed by atoms with E-state index in [0.717, 1.165) is 11.3 Å². The van der Waals surface area contributed by atoms with Gasteiger partial charge in [-0.25, -0.2) is 4.39 Å². The highest BCUT2D eigenvalue weighted by Crippen LogP contribution is 2.05. The molecule has 1 aromatic rings. The van der Waals surface area contributed by atoms with Crippen molar-refractivity contribution in [2.75, 3.05) is 18.6 Å². The van der Waals surface area contributed by atoms with Gasteiger partial charge in [0.25, 0.3) is 0 Å². The van der Waals surface area contributed by atoms with Crippen molar-refractivity contribution in [3.05, 3.63) is 35.6 Å². The number of amides is 1. The maximum absolute atomic E-state index is 12.6. The first-order valence-electron chi connectivity index (χ1n) is 5.22. The van der Waals surface area contributed by atoms with Gasteiger partial charge in [-0.2, -0.15) is 11.8 Å². The number of carbonyl (C=O) groups is 1. The summed E-state index contributed by atoms with van der Waals surface area (Å²) in [5.41, 5.74) is 0.987. The normalized spacial score (nSPS) is 10.1. The molecule has 0 aliphatic rings. The highest BCUT2D eigenvalue weighted by molar-refractivity contribution is 7.98. The minimum Gasteiger partial charge on any atom is -0.355 e. The second-order valence-corrected chi connectivity index (χ2v) is 4.45. The third-order valence-electron chi connectivity index (χ3n) is 2.18.